The van der Waals surface area contributed by atoms with Gasteiger partial charge in [-0.25, -0.2) is 4.79 Å². The summed E-state index contributed by atoms with van der Waals surface area (Å²) < 4.78 is 11.7. The van der Waals surface area contributed by atoms with E-state index < -0.39 is 0 Å². The normalized spacial score (nSPS) is 22.5. The van der Waals surface area contributed by atoms with E-state index in [9.17, 15) is 4.79 Å². The van der Waals surface area contributed by atoms with Crippen molar-refractivity contribution in [3.05, 3.63) is 77.4 Å². The molecule has 3 heteroatoms. The molecule has 0 spiro atoms. The molecule has 136 valence electrons. The highest BCUT2D eigenvalue weighted by atomic mass is 16.5. The van der Waals surface area contributed by atoms with Crippen LogP contribution in [0.25, 0.3) is 5.76 Å². The van der Waals surface area contributed by atoms with Gasteiger partial charge in [0.2, 0.25) is 0 Å². The molecule has 0 radical (unpaired) electrons. The second-order valence-corrected chi connectivity index (χ2v) is 6.91. The van der Waals surface area contributed by atoms with Crippen molar-refractivity contribution in [3.8, 4) is 0 Å². The molecule has 3 rings (SSSR count). The van der Waals surface area contributed by atoms with Gasteiger partial charge in [0.25, 0.3) is 0 Å². The lowest BCUT2D eigenvalue weighted by Gasteiger charge is -2.17. The van der Waals surface area contributed by atoms with Crippen LogP contribution in [0.15, 0.2) is 71.9 Å². The fourth-order valence-electron chi connectivity index (χ4n) is 3.73. The second-order valence-electron chi connectivity index (χ2n) is 6.91. The fourth-order valence-corrected chi connectivity index (χ4v) is 3.73. The summed E-state index contributed by atoms with van der Waals surface area (Å²) in [5, 5.41) is 0. The number of carbonyl (C=O) groups is 1. The summed E-state index contributed by atoms with van der Waals surface area (Å²) in [5.41, 5.74) is 5.15. The molecule has 0 amide bonds. The fraction of sp³-hybridized carbons (Fsp3) is 0.348. The number of esters is 1. The Labute approximate surface area is 155 Å². The van der Waals surface area contributed by atoms with Gasteiger partial charge in [0.05, 0.1) is 6.61 Å². The van der Waals surface area contributed by atoms with Crippen molar-refractivity contribution < 1.29 is 14.3 Å². The number of rotatable bonds is 7. The van der Waals surface area contributed by atoms with Crippen LogP contribution in [-0.2, 0) is 14.3 Å². The van der Waals surface area contributed by atoms with Gasteiger partial charge in [0, 0.05) is 17.1 Å². The van der Waals surface area contributed by atoms with Gasteiger partial charge in [-0.3, -0.25) is 0 Å². The molecule has 26 heavy (non-hydrogen) atoms. The molecule has 0 saturated heterocycles. The maximum Gasteiger partial charge on any atom is 0.335 e. The Kier molecular flexibility index (Phi) is 5.46. The molecule has 2 heterocycles. The highest BCUT2D eigenvalue weighted by Gasteiger charge is 2.36. The van der Waals surface area contributed by atoms with Crippen molar-refractivity contribution in [2.75, 3.05) is 6.61 Å². The van der Waals surface area contributed by atoms with Gasteiger partial charge in [0.1, 0.15) is 11.9 Å². The minimum Gasteiger partial charge on any atom is -0.492 e. The number of ether oxygens (including phenoxy) is 2. The van der Waals surface area contributed by atoms with Gasteiger partial charge in [-0.15, -0.1) is 6.58 Å². The van der Waals surface area contributed by atoms with Crippen molar-refractivity contribution in [1.29, 1.82) is 0 Å². The van der Waals surface area contributed by atoms with Gasteiger partial charge < -0.3 is 9.47 Å². The van der Waals surface area contributed by atoms with Gasteiger partial charge in [0.15, 0.2) is 0 Å². The average molecular weight is 350 g/mol. The molecule has 0 fully saturated rings. The molecular formula is C23H26O3. The molecule has 2 aliphatic rings. The third-order valence-corrected chi connectivity index (χ3v) is 5.11. The molecule has 0 saturated carbocycles. The van der Waals surface area contributed by atoms with Crippen LogP contribution >= 0.6 is 0 Å². The van der Waals surface area contributed by atoms with Crippen LogP contribution in [-0.4, -0.2) is 18.7 Å². The zero-order valence-electron chi connectivity index (χ0n) is 15.6. The highest BCUT2D eigenvalue weighted by Crippen LogP contribution is 2.42. The topological polar surface area (TPSA) is 35.5 Å². The lowest BCUT2D eigenvalue weighted by atomic mass is 9.85. The Bertz CT molecular complexity index is 783. The standard InChI is InChI=1S/C23H26O3/c1-5-10-17-18(21(6-2)26-23(17)24)13-19-20(15(3)4)14-25-22(19)16-11-8-7-9-12-16/h5,7-9,11-12,20-21H,1,3,6,10,13-14H2,2,4H3. The number of allylic oxidation sites excluding steroid dienone is 1. The Morgan fingerprint density at radius 2 is 2.00 bits per heavy atom. The smallest absolute Gasteiger partial charge is 0.335 e. The minimum atomic E-state index is -0.209. The summed E-state index contributed by atoms with van der Waals surface area (Å²) >= 11 is 0. The van der Waals surface area contributed by atoms with Crippen molar-refractivity contribution in [2.45, 2.75) is 39.2 Å². The van der Waals surface area contributed by atoms with Crippen molar-refractivity contribution >= 4 is 11.7 Å². The molecule has 0 aromatic heterocycles. The average Bonchev–Trinajstić information content (AvgIpc) is 3.19. The molecule has 0 N–H and O–H groups in total. The van der Waals surface area contributed by atoms with E-state index in [-0.39, 0.29) is 18.0 Å². The monoisotopic (exact) mass is 350 g/mol. The molecule has 2 unspecified atom stereocenters. The van der Waals surface area contributed by atoms with Crippen molar-refractivity contribution in [1.82, 2.24) is 0 Å². The Hall–Kier alpha value is -2.55. The molecular weight excluding hydrogens is 324 g/mol. The first-order chi connectivity index (χ1) is 12.6. The Morgan fingerprint density at radius 1 is 1.27 bits per heavy atom. The van der Waals surface area contributed by atoms with E-state index in [4.69, 9.17) is 9.47 Å². The van der Waals surface area contributed by atoms with Crippen LogP contribution in [0, 0.1) is 5.92 Å². The van der Waals surface area contributed by atoms with E-state index in [0.717, 1.165) is 34.5 Å². The first kappa shape index (κ1) is 18.2. The predicted molar refractivity (Wildman–Crippen MR) is 104 cm³/mol. The minimum absolute atomic E-state index is 0.159. The van der Waals surface area contributed by atoms with E-state index in [2.05, 4.69) is 25.3 Å². The number of hydrogen-bond donors (Lipinski definition) is 0. The van der Waals surface area contributed by atoms with E-state index >= 15 is 0 Å². The quantitative estimate of drug-likeness (QED) is 0.500. The van der Waals surface area contributed by atoms with Crippen LogP contribution in [0.5, 0.6) is 0 Å². The predicted octanol–water partition coefficient (Wildman–Crippen LogP) is 5.22. The molecule has 0 aliphatic carbocycles. The summed E-state index contributed by atoms with van der Waals surface area (Å²) in [6.07, 6.45) is 3.59. The van der Waals surface area contributed by atoms with Gasteiger partial charge in [-0.2, -0.15) is 0 Å². The van der Waals surface area contributed by atoms with E-state index in [1.165, 1.54) is 5.57 Å². The van der Waals surface area contributed by atoms with E-state index in [0.29, 0.717) is 19.4 Å². The van der Waals surface area contributed by atoms with Crippen molar-refractivity contribution in [3.63, 3.8) is 0 Å². The Balaban J connectivity index is 2.06. The van der Waals surface area contributed by atoms with E-state index in [1.807, 2.05) is 32.0 Å². The number of hydrogen-bond acceptors (Lipinski definition) is 3. The Morgan fingerprint density at radius 3 is 2.62 bits per heavy atom. The van der Waals surface area contributed by atoms with Crippen LogP contribution in [0.4, 0.5) is 0 Å². The third kappa shape index (κ3) is 3.39. The second kappa shape index (κ2) is 7.77. The molecule has 1 aromatic carbocycles. The molecule has 2 atom stereocenters. The van der Waals surface area contributed by atoms with Gasteiger partial charge in [-0.1, -0.05) is 55.5 Å². The van der Waals surface area contributed by atoms with Gasteiger partial charge in [-0.05, 0) is 37.3 Å². The summed E-state index contributed by atoms with van der Waals surface area (Å²) in [7, 11) is 0. The summed E-state index contributed by atoms with van der Waals surface area (Å²) in [6, 6.07) is 10.1. The van der Waals surface area contributed by atoms with Crippen LogP contribution in [0.1, 0.15) is 38.7 Å². The summed E-state index contributed by atoms with van der Waals surface area (Å²) in [6.45, 7) is 12.6. The molecule has 2 aliphatic heterocycles. The summed E-state index contributed by atoms with van der Waals surface area (Å²) in [4.78, 5) is 12.3. The zero-order valence-corrected chi connectivity index (χ0v) is 15.6. The maximum absolute atomic E-state index is 12.3. The first-order valence-corrected chi connectivity index (χ1v) is 9.17. The SMILES string of the molecule is C=CCC1=C(CC2=C(c3ccccc3)OCC2C(=C)C)C(CC)OC1=O. The number of cyclic esters (lactones) is 1. The van der Waals surface area contributed by atoms with Crippen LogP contribution < -0.4 is 0 Å². The van der Waals surface area contributed by atoms with Crippen LogP contribution in [0.3, 0.4) is 0 Å². The zero-order chi connectivity index (χ0) is 18.7. The highest BCUT2D eigenvalue weighted by molar-refractivity contribution is 5.92. The largest absolute Gasteiger partial charge is 0.492 e. The molecule has 0 bridgehead atoms. The first-order valence-electron chi connectivity index (χ1n) is 9.17. The lowest BCUT2D eigenvalue weighted by molar-refractivity contribution is -0.139. The lowest BCUT2D eigenvalue weighted by Crippen LogP contribution is -2.13. The number of carbonyl (C=O) groups excluding carboxylic acids is 1. The third-order valence-electron chi connectivity index (χ3n) is 5.11. The molecule has 1 aromatic rings. The van der Waals surface area contributed by atoms with E-state index in [1.54, 1.807) is 6.08 Å². The van der Waals surface area contributed by atoms with Gasteiger partial charge >= 0.3 is 5.97 Å². The summed E-state index contributed by atoms with van der Waals surface area (Å²) in [5.74, 6) is 0.869. The van der Waals surface area contributed by atoms with Crippen LogP contribution in [0.2, 0.25) is 0 Å². The maximum atomic E-state index is 12.3. The number of benzene rings is 1. The van der Waals surface area contributed by atoms with Crippen molar-refractivity contribution in [2.24, 2.45) is 5.92 Å². The molecule has 3 nitrogen and oxygen atoms in total.